The maximum absolute atomic E-state index is 11.3. The Bertz CT molecular complexity index is 454. The maximum Gasteiger partial charge on any atom is 0.303 e. The fraction of sp³-hybridized carbons (Fsp3) is 0.588. The SMILES string of the molecule is O=C(O)C[C@]1(Cc2ccccc2)C[C@@H]2CCCC[C@@H]21. The third-order valence-corrected chi connectivity index (χ3v) is 5.27. The Kier molecular flexibility index (Phi) is 3.34. The molecule has 0 bridgehead atoms. The quantitative estimate of drug-likeness (QED) is 0.889. The summed E-state index contributed by atoms with van der Waals surface area (Å²) in [6.45, 7) is 0. The average Bonchev–Trinajstić information content (AvgIpc) is 2.38. The fourth-order valence-electron chi connectivity index (χ4n) is 4.54. The van der Waals surface area contributed by atoms with E-state index in [0.29, 0.717) is 12.3 Å². The number of hydrogen-bond acceptors (Lipinski definition) is 1. The van der Waals surface area contributed by atoms with E-state index in [-0.39, 0.29) is 5.41 Å². The average molecular weight is 258 g/mol. The van der Waals surface area contributed by atoms with E-state index in [1.165, 1.54) is 31.2 Å². The van der Waals surface area contributed by atoms with Gasteiger partial charge >= 0.3 is 5.97 Å². The molecule has 1 N–H and O–H groups in total. The van der Waals surface area contributed by atoms with Gasteiger partial charge in [-0.1, -0.05) is 49.6 Å². The van der Waals surface area contributed by atoms with Gasteiger partial charge in [0.05, 0.1) is 6.42 Å². The number of hydrogen-bond donors (Lipinski definition) is 1. The summed E-state index contributed by atoms with van der Waals surface area (Å²) in [7, 11) is 0. The fourth-order valence-corrected chi connectivity index (χ4v) is 4.54. The minimum Gasteiger partial charge on any atom is -0.481 e. The van der Waals surface area contributed by atoms with Gasteiger partial charge in [0.1, 0.15) is 0 Å². The van der Waals surface area contributed by atoms with Crippen molar-refractivity contribution in [1.29, 1.82) is 0 Å². The number of benzene rings is 1. The van der Waals surface area contributed by atoms with Gasteiger partial charge < -0.3 is 5.11 Å². The molecule has 2 nitrogen and oxygen atoms in total. The van der Waals surface area contributed by atoms with Crippen LogP contribution in [-0.4, -0.2) is 11.1 Å². The van der Waals surface area contributed by atoms with E-state index < -0.39 is 5.97 Å². The second-order valence-electron chi connectivity index (χ2n) is 6.45. The minimum atomic E-state index is -0.625. The molecule has 1 aromatic carbocycles. The van der Waals surface area contributed by atoms with Crippen molar-refractivity contribution < 1.29 is 9.90 Å². The highest BCUT2D eigenvalue weighted by atomic mass is 16.4. The maximum atomic E-state index is 11.3. The summed E-state index contributed by atoms with van der Waals surface area (Å²) in [6, 6.07) is 10.4. The zero-order valence-corrected chi connectivity index (χ0v) is 11.3. The molecule has 2 saturated carbocycles. The Morgan fingerprint density at radius 1 is 1.21 bits per heavy atom. The molecule has 0 aliphatic heterocycles. The van der Waals surface area contributed by atoms with Crippen LogP contribution in [0.25, 0.3) is 0 Å². The lowest BCUT2D eigenvalue weighted by Crippen LogP contribution is -2.51. The molecule has 3 rings (SSSR count). The van der Waals surface area contributed by atoms with Crippen molar-refractivity contribution in [2.45, 2.75) is 44.9 Å². The van der Waals surface area contributed by atoms with Gasteiger partial charge in [-0.2, -0.15) is 0 Å². The highest BCUT2D eigenvalue weighted by Crippen LogP contribution is 2.60. The molecule has 0 unspecified atom stereocenters. The number of carbonyl (C=O) groups is 1. The minimum absolute atomic E-state index is 0.0400. The predicted octanol–water partition coefficient (Wildman–Crippen LogP) is 3.90. The molecule has 0 saturated heterocycles. The molecular weight excluding hydrogens is 236 g/mol. The molecule has 0 spiro atoms. The summed E-state index contributed by atoms with van der Waals surface area (Å²) < 4.78 is 0. The molecule has 3 atom stereocenters. The van der Waals surface area contributed by atoms with E-state index in [1.807, 2.05) is 6.07 Å². The third kappa shape index (κ3) is 2.41. The summed E-state index contributed by atoms with van der Waals surface area (Å²) in [4.78, 5) is 11.3. The van der Waals surface area contributed by atoms with Crippen molar-refractivity contribution in [3.05, 3.63) is 35.9 Å². The first-order chi connectivity index (χ1) is 9.20. The Labute approximate surface area is 114 Å². The van der Waals surface area contributed by atoms with E-state index in [2.05, 4.69) is 24.3 Å². The lowest BCUT2D eigenvalue weighted by molar-refractivity contribution is -0.149. The zero-order valence-electron chi connectivity index (χ0n) is 11.3. The van der Waals surface area contributed by atoms with Crippen LogP contribution in [0, 0.1) is 17.3 Å². The van der Waals surface area contributed by atoms with Gasteiger partial charge in [0.15, 0.2) is 0 Å². The van der Waals surface area contributed by atoms with Gasteiger partial charge in [-0.3, -0.25) is 4.79 Å². The van der Waals surface area contributed by atoms with Crippen molar-refractivity contribution in [3.8, 4) is 0 Å². The normalized spacial score (nSPS) is 33.3. The van der Waals surface area contributed by atoms with E-state index in [4.69, 9.17) is 0 Å². The highest BCUT2D eigenvalue weighted by molar-refractivity contribution is 5.68. The van der Waals surface area contributed by atoms with Crippen LogP contribution in [0.2, 0.25) is 0 Å². The van der Waals surface area contributed by atoms with E-state index in [0.717, 1.165) is 18.8 Å². The smallest absolute Gasteiger partial charge is 0.303 e. The first-order valence-corrected chi connectivity index (χ1v) is 7.45. The summed E-state index contributed by atoms with van der Waals surface area (Å²) >= 11 is 0. The van der Waals surface area contributed by atoms with E-state index in [1.54, 1.807) is 0 Å². The number of carboxylic acid groups (broad SMARTS) is 1. The van der Waals surface area contributed by atoms with Crippen molar-refractivity contribution in [1.82, 2.24) is 0 Å². The topological polar surface area (TPSA) is 37.3 Å². The molecule has 1 aromatic rings. The molecule has 2 aliphatic rings. The highest BCUT2D eigenvalue weighted by Gasteiger charge is 2.54. The number of carboxylic acids is 1. The number of fused-ring (bicyclic) bond motifs is 1. The first-order valence-electron chi connectivity index (χ1n) is 7.45. The summed E-state index contributed by atoms with van der Waals surface area (Å²) in [5, 5.41) is 9.28. The van der Waals surface area contributed by atoms with E-state index >= 15 is 0 Å². The molecule has 0 aromatic heterocycles. The Hall–Kier alpha value is -1.31. The predicted molar refractivity (Wildman–Crippen MR) is 74.9 cm³/mol. The lowest BCUT2D eigenvalue weighted by atomic mass is 9.47. The molecule has 2 fully saturated rings. The van der Waals surface area contributed by atoms with Crippen LogP contribution >= 0.6 is 0 Å². The first kappa shape index (κ1) is 12.7. The summed E-state index contributed by atoms with van der Waals surface area (Å²) in [6.07, 6.45) is 7.61. The monoisotopic (exact) mass is 258 g/mol. The zero-order chi connectivity index (χ0) is 13.3. The van der Waals surface area contributed by atoms with Gasteiger partial charge in [-0.15, -0.1) is 0 Å². The van der Waals surface area contributed by atoms with Crippen LogP contribution in [0.3, 0.4) is 0 Å². The van der Waals surface area contributed by atoms with Crippen molar-refractivity contribution in [2.24, 2.45) is 17.3 Å². The molecule has 2 aliphatic carbocycles. The third-order valence-electron chi connectivity index (χ3n) is 5.27. The van der Waals surface area contributed by atoms with Gasteiger partial charge in [0.2, 0.25) is 0 Å². The van der Waals surface area contributed by atoms with Crippen LogP contribution in [0.15, 0.2) is 30.3 Å². The molecule has 0 heterocycles. The number of aliphatic carboxylic acids is 1. The number of rotatable bonds is 4. The molecule has 19 heavy (non-hydrogen) atoms. The Balaban J connectivity index is 1.80. The van der Waals surface area contributed by atoms with Crippen molar-refractivity contribution in [3.63, 3.8) is 0 Å². The summed E-state index contributed by atoms with van der Waals surface area (Å²) in [5.74, 6) is 0.828. The van der Waals surface area contributed by atoms with Crippen LogP contribution in [0.5, 0.6) is 0 Å². The largest absolute Gasteiger partial charge is 0.481 e. The van der Waals surface area contributed by atoms with Gasteiger partial charge in [-0.25, -0.2) is 0 Å². The van der Waals surface area contributed by atoms with Crippen molar-refractivity contribution in [2.75, 3.05) is 0 Å². The van der Waals surface area contributed by atoms with E-state index in [9.17, 15) is 9.90 Å². The molecule has 2 heteroatoms. The van der Waals surface area contributed by atoms with Gasteiger partial charge in [0.25, 0.3) is 0 Å². The Morgan fingerprint density at radius 2 is 1.95 bits per heavy atom. The van der Waals surface area contributed by atoms with Crippen molar-refractivity contribution >= 4 is 5.97 Å². The second-order valence-corrected chi connectivity index (χ2v) is 6.45. The lowest BCUT2D eigenvalue weighted by Gasteiger charge is -2.57. The summed E-state index contributed by atoms with van der Waals surface area (Å²) in [5.41, 5.74) is 1.34. The standard InChI is InChI=1S/C17H22O2/c18-16(19)12-17(10-13-6-2-1-3-7-13)11-14-8-4-5-9-15(14)17/h1-3,6-7,14-15H,4-5,8-12H2,(H,18,19)/t14-,15-,17-/m0/s1. The van der Waals surface area contributed by atoms with Crippen LogP contribution in [-0.2, 0) is 11.2 Å². The molecular formula is C17H22O2. The van der Waals surface area contributed by atoms with Gasteiger partial charge in [-0.05, 0) is 42.1 Å². The van der Waals surface area contributed by atoms with Gasteiger partial charge in [0, 0.05) is 0 Å². The van der Waals surface area contributed by atoms with Crippen LogP contribution in [0.1, 0.15) is 44.1 Å². The second kappa shape index (κ2) is 4.99. The Morgan fingerprint density at radius 3 is 2.63 bits per heavy atom. The molecule has 0 radical (unpaired) electrons. The van der Waals surface area contributed by atoms with Crippen LogP contribution < -0.4 is 0 Å². The molecule has 102 valence electrons. The molecule has 0 amide bonds. The van der Waals surface area contributed by atoms with Crippen LogP contribution in [0.4, 0.5) is 0 Å².